The van der Waals surface area contributed by atoms with Crippen molar-refractivity contribution in [3.05, 3.63) is 58.9 Å². The number of benzene rings is 1. The number of aromatic nitrogens is 1. The molecular formula is C17H17ClF3N3O2S. The molecule has 0 atom stereocenters. The summed E-state index contributed by atoms with van der Waals surface area (Å²) < 4.78 is 66.5. The van der Waals surface area contributed by atoms with E-state index in [4.69, 9.17) is 11.6 Å². The first-order valence-corrected chi connectivity index (χ1v) is 9.98. The predicted molar refractivity (Wildman–Crippen MR) is 94.7 cm³/mol. The molecule has 1 saturated heterocycles. The molecule has 5 nitrogen and oxygen atoms in total. The molecule has 27 heavy (non-hydrogen) atoms. The highest BCUT2D eigenvalue weighted by atomic mass is 35.5. The van der Waals surface area contributed by atoms with Crippen LogP contribution in [0.25, 0.3) is 0 Å². The van der Waals surface area contributed by atoms with Crippen molar-refractivity contribution in [3.8, 4) is 0 Å². The molecule has 0 spiro atoms. The zero-order chi connectivity index (χ0) is 19.7. The minimum Gasteiger partial charge on any atom is -0.296 e. The molecular weight excluding hydrogens is 403 g/mol. The number of nitrogens with zero attached hydrogens (tertiary/aromatic N) is 3. The van der Waals surface area contributed by atoms with Crippen LogP contribution in [-0.2, 0) is 22.7 Å². The summed E-state index contributed by atoms with van der Waals surface area (Å²) >= 11 is 5.64. The Balaban J connectivity index is 1.76. The third kappa shape index (κ3) is 4.60. The predicted octanol–water partition coefficient (Wildman–Crippen LogP) is 3.26. The Morgan fingerprint density at radius 2 is 1.67 bits per heavy atom. The van der Waals surface area contributed by atoms with Gasteiger partial charge in [0, 0.05) is 50.1 Å². The molecule has 0 amide bonds. The van der Waals surface area contributed by atoms with Crippen LogP contribution in [0.2, 0.25) is 5.02 Å². The molecule has 3 rings (SSSR count). The van der Waals surface area contributed by atoms with Crippen LogP contribution >= 0.6 is 11.6 Å². The first-order chi connectivity index (χ1) is 12.7. The second-order valence-corrected chi connectivity index (χ2v) is 8.52. The molecule has 0 unspecified atom stereocenters. The van der Waals surface area contributed by atoms with E-state index in [0.717, 1.165) is 22.0 Å². The third-order valence-electron chi connectivity index (χ3n) is 4.35. The van der Waals surface area contributed by atoms with Crippen LogP contribution in [0, 0.1) is 0 Å². The standard InChI is InChI=1S/C17H17ClF3N3O2S/c18-14-1-2-16(15(11-14)17(19,20)21)27(25,26)24-9-7-23(8-10-24)12-13-3-5-22-6-4-13/h1-6,11H,7-10,12H2. The maximum atomic E-state index is 13.3. The molecule has 2 heterocycles. The molecule has 0 aliphatic carbocycles. The van der Waals surface area contributed by atoms with E-state index in [9.17, 15) is 21.6 Å². The van der Waals surface area contributed by atoms with E-state index in [0.29, 0.717) is 25.7 Å². The van der Waals surface area contributed by atoms with Crippen LogP contribution in [0.3, 0.4) is 0 Å². The molecule has 146 valence electrons. The lowest BCUT2D eigenvalue weighted by Gasteiger charge is -2.34. The number of halogens is 4. The van der Waals surface area contributed by atoms with Crippen molar-refractivity contribution in [1.29, 1.82) is 0 Å². The Kier molecular flexibility index (Phi) is 5.76. The molecule has 2 aromatic rings. The van der Waals surface area contributed by atoms with Crippen molar-refractivity contribution in [3.63, 3.8) is 0 Å². The van der Waals surface area contributed by atoms with Crippen molar-refractivity contribution in [1.82, 2.24) is 14.2 Å². The molecule has 0 N–H and O–H groups in total. The van der Waals surface area contributed by atoms with Gasteiger partial charge in [-0.1, -0.05) is 11.6 Å². The van der Waals surface area contributed by atoms with Crippen LogP contribution < -0.4 is 0 Å². The van der Waals surface area contributed by atoms with Gasteiger partial charge in [-0.2, -0.15) is 17.5 Å². The summed E-state index contributed by atoms with van der Waals surface area (Å²) in [7, 11) is -4.27. The summed E-state index contributed by atoms with van der Waals surface area (Å²) in [6.07, 6.45) is -1.46. The Labute approximate surface area is 160 Å². The van der Waals surface area contributed by atoms with Crippen molar-refractivity contribution < 1.29 is 21.6 Å². The molecule has 1 fully saturated rings. The molecule has 1 aromatic carbocycles. The van der Waals surface area contributed by atoms with Crippen LogP contribution in [0.15, 0.2) is 47.6 Å². The van der Waals surface area contributed by atoms with Crippen LogP contribution in [0.5, 0.6) is 0 Å². The fourth-order valence-electron chi connectivity index (χ4n) is 2.96. The van der Waals surface area contributed by atoms with Gasteiger partial charge in [0.2, 0.25) is 10.0 Å². The molecule has 0 bridgehead atoms. The van der Waals surface area contributed by atoms with Gasteiger partial charge in [0.05, 0.1) is 10.5 Å². The quantitative estimate of drug-likeness (QED) is 0.763. The molecule has 0 radical (unpaired) electrons. The Hall–Kier alpha value is -1.68. The van der Waals surface area contributed by atoms with E-state index in [1.165, 1.54) is 0 Å². The van der Waals surface area contributed by atoms with Crippen molar-refractivity contribution >= 4 is 21.6 Å². The summed E-state index contributed by atoms with van der Waals surface area (Å²) in [5.41, 5.74) is -0.201. The maximum Gasteiger partial charge on any atom is 0.417 e. The fourth-order valence-corrected chi connectivity index (χ4v) is 4.75. The minimum atomic E-state index is -4.81. The first kappa shape index (κ1) is 20.1. The zero-order valence-corrected chi connectivity index (χ0v) is 15.7. The third-order valence-corrected chi connectivity index (χ3v) is 6.54. The molecule has 0 saturated carbocycles. The van der Waals surface area contributed by atoms with Crippen molar-refractivity contribution in [2.45, 2.75) is 17.6 Å². The van der Waals surface area contributed by atoms with Gasteiger partial charge in [0.25, 0.3) is 0 Å². The number of hydrogen-bond acceptors (Lipinski definition) is 4. The summed E-state index contributed by atoms with van der Waals surface area (Å²) in [6.45, 7) is 1.72. The topological polar surface area (TPSA) is 53.5 Å². The number of hydrogen-bond donors (Lipinski definition) is 0. The van der Waals surface area contributed by atoms with Gasteiger partial charge in [-0.05, 0) is 35.9 Å². The lowest BCUT2D eigenvalue weighted by atomic mass is 10.2. The SMILES string of the molecule is O=S(=O)(c1ccc(Cl)cc1C(F)(F)F)N1CCN(Cc2ccncc2)CC1. The Bertz CT molecular complexity index is 899. The number of rotatable bonds is 4. The monoisotopic (exact) mass is 419 g/mol. The zero-order valence-electron chi connectivity index (χ0n) is 14.2. The van der Waals surface area contributed by atoms with Gasteiger partial charge in [-0.3, -0.25) is 9.88 Å². The summed E-state index contributed by atoms with van der Waals surface area (Å²) in [5, 5.41) is -0.163. The molecule has 10 heteroatoms. The first-order valence-electron chi connectivity index (χ1n) is 8.16. The highest BCUT2D eigenvalue weighted by Crippen LogP contribution is 2.37. The van der Waals surface area contributed by atoms with Gasteiger partial charge in [0.1, 0.15) is 0 Å². The van der Waals surface area contributed by atoms with Gasteiger partial charge in [-0.25, -0.2) is 8.42 Å². The second-order valence-electron chi connectivity index (χ2n) is 6.17. The largest absolute Gasteiger partial charge is 0.417 e. The van der Waals surface area contributed by atoms with Crippen molar-refractivity contribution in [2.75, 3.05) is 26.2 Å². The van der Waals surface area contributed by atoms with Crippen LogP contribution in [0.4, 0.5) is 13.2 Å². The summed E-state index contributed by atoms with van der Waals surface area (Å²) in [4.78, 5) is 5.23. The average molecular weight is 420 g/mol. The summed E-state index contributed by atoms with van der Waals surface area (Å²) in [6, 6.07) is 6.46. The minimum absolute atomic E-state index is 0.118. The summed E-state index contributed by atoms with van der Waals surface area (Å²) in [5.74, 6) is 0. The Morgan fingerprint density at radius 1 is 1.04 bits per heavy atom. The number of pyridine rings is 1. The maximum absolute atomic E-state index is 13.3. The molecule has 1 aliphatic rings. The fraction of sp³-hybridized carbons (Fsp3) is 0.353. The molecule has 1 aliphatic heterocycles. The second kappa shape index (κ2) is 7.75. The highest BCUT2D eigenvalue weighted by Gasteiger charge is 2.40. The van der Waals surface area contributed by atoms with Gasteiger partial charge in [-0.15, -0.1) is 0 Å². The number of piperazine rings is 1. The van der Waals surface area contributed by atoms with E-state index in [1.54, 1.807) is 12.4 Å². The van der Waals surface area contributed by atoms with Gasteiger partial charge in [0.15, 0.2) is 0 Å². The lowest BCUT2D eigenvalue weighted by Crippen LogP contribution is -2.48. The van der Waals surface area contributed by atoms with Crippen LogP contribution in [-0.4, -0.2) is 48.8 Å². The van der Waals surface area contributed by atoms with E-state index in [1.807, 2.05) is 17.0 Å². The van der Waals surface area contributed by atoms with Crippen LogP contribution in [0.1, 0.15) is 11.1 Å². The van der Waals surface area contributed by atoms with E-state index >= 15 is 0 Å². The number of sulfonamides is 1. The normalized spacial score (nSPS) is 17.2. The van der Waals surface area contributed by atoms with Gasteiger partial charge < -0.3 is 0 Å². The van der Waals surface area contributed by atoms with E-state index in [2.05, 4.69) is 4.98 Å². The van der Waals surface area contributed by atoms with Gasteiger partial charge >= 0.3 is 6.18 Å². The number of alkyl halides is 3. The Morgan fingerprint density at radius 3 is 2.26 bits per heavy atom. The smallest absolute Gasteiger partial charge is 0.296 e. The highest BCUT2D eigenvalue weighted by molar-refractivity contribution is 7.89. The lowest BCUT2D eigenvalue weighted by molar-refractivity contribution is -0.139. The molecule has 1 aromatic heterocycles. The van der Waals surface area contributed by atoms with E-state index < -0.39 is 26.7 Å². The van der Waals surface area contributed by atoms with E-state index in [-0.39, 0.29) is 18.1 Å². The average Bonchev–Trinajstić information content (AvgIpc) is 2.62. The van der Waals surface area contributed by atoms with Crippen molar-refractivity contribution in [2.24, 2.45) is 0 Å².